The molecule has 2 rings (SSSR count). The number of carbonyl (C=O) groups excluding carboxylic acids is 1. The molecule has 0 spiro atoms. The normalized spacial score (nSPS) is 16.9. The molecule has 3 nitrogen and oxygen atoms in total. The van der Waals surface area contributed by atoms with Crippen LogP contribution in [0.4, 0.5) is 0 Å². The third-order valence-corrected chi connectivity index (χ3v) is 2.72. The van der Waals surface area contributed by atoms with Crippen molar-refractivity contribution in [1.82, 2.24) is 5.32 Å². The Balaban J connectivity index is 0.000000341. The van der Waals surface area contributed by atoms with Crippen LogP contribution < -0.4 is 5.32 Å². The van der Waals surface area contributed by atoms with Gasteiger partial charge in [0.15, 0.2) is 0 Å². The first-order valence-electron chi connectivity index (χ1n) is 6.46. The fourth-order valence-corrected chi connectivity index (χ4v) is 1.77. The molecule has 1 fully saturated rings. The Morgan fingerprint density at radius 2 is 1.68 bits per heavy atom. The van der Waals surface area contributed by atoms with Crippen molar-refractivity contribution in [2.45, 2.75) is 31.7 Å². The zero-order valence-electron chi connectivity index (χ0n) is 11.5. The number of esters is 1. The number of nitrogens with one attached hydrogen (secondary N) is 1. The molecule has 1 saturated heterocycles. The van der Waals surface area contributed by atoms with E-state index in [9.17, 15) is 4.79 Å². The lowest BCUT2D eigenvalue weighted by atomic mass is 10.0. The predicted molar refractivity (Wildman–Crippen MR) is 78.6 cm³/mol. The second-order valence-corrected chi connectivity index (χ2v) is 4.08. The van der Waals surface area contributed by atoms with Gasteiger partial charge in [-0.05, 0) is 19.4 Å². The summed E-state index contributed by atoms with van der Waals surface area (Å²) in [4.78, 5) is 10.8. The van der Waals surface area contributed by atoms with Gasteiger partial charge in [-0.1, -0.05) is 42.8 Å². The Morgan fingerprint density at radius 3 is 2.05 bits per heavy atom. The van der Waals surface area contributed by atoms with Crippen molar-refractivity contribution in [3.05, 3.63) is 36.4 Å². The van der Waals surface area contributed by atoms with Crippen molar-refractivity contribution in [1.29, 1.82) is 0 Å². The molecule has 1 atom stereocenters. The van der Waals surface area contributed by atoms with Crippen LogP contribution in [0, 0.1) is 12.8 Å². The Labute approximate surface area is 116 Å². The summed E-state index contributed by atoms with van der Waals surface area (Å²) in [7, 11) is 1.44. The summed E-state index contributed by atoms with van der Waals surface area (Å²) in [5.41, 5.74) is 0. The fourth-order valence-electron chi connectivity index (χ4n) is 1.77. The average molecular weight is 261 g/mol. The van der Waals surface area contributed by atoms with Crippen molar-refractivity contribution in [3.8, 4) is 12.8 Å². The number of benzene rings is 1. The minimum absolute atomic E-state index is 0.107. The molecular formula is C16H23NO2. The summed E-state index contributed by atoms with van der Waals surface area (Å²) in [5.74, 6) is -0.107. The zero-order valence-corrected chi connectivity index (χ0v) is 11.5. The molecule has 1 heterocycles. The number of hydrogen-bond acceptors (Lipinski definition) is 3. The van der Waals surface area contributed by atoms with E-state index in [1.807, 2.05) is 36.4 Å². The van der Waals surface area contributed by atoms with Crippen molar-refractivity contribution >= 4 is 5.97 Å². The standard InChI is InChI=1S/C8H15NO2.C6H6.C2H2/c1-11-8(10)6-7-4-2-3-5-9-7;1-2-4-6-5-3-1;1-2/h7,9H,2-6H2,1H3;1-6H;1-2H. The van der Waals surface area contributed by atoms with E-state index in [1.165, 1.54) is 20.0 Å². The monoisotopic (exact) mass is 261 g/mol. The number of ether oxygens (including phenoxy) is 1. The fraction of sp³-hybridized carbons (Fsp3) is 0.438. The molecule has 19 heavy (non-hydrogen) atoms. The Bertz CT molecular complexity index is 302. The van der Waals surface area contributed by atoms with Gasteiger partial charge in [0.25, 0.3) is 0 Å². The minimum atomic E-state index is -0.107. The van der Waals surface area contributed by atoms with Crippen LogP contribution in [0.15, 0.2) is 36.4 Å². The molecule has 0 saturated carbocycles. The number of piperidine rings is 1. The van der Waals surface area contributed by atoms with E-state index in [4.69, 9.17) is 0 Å². The molecule has 1 aromatic rings. The summed E-state index contributed by atoms with van der Waals surface area (Å²) in [6.45, 7) is 1.04. The Kier molecular flexibility index (Phi) is 11.5. The number of carbonyl (C=O) groups is 1. The first-order chi connectivity index (χ1) is 9.33. The molecule has 0 aliphatic carbocycles. The van der Waals surface area contributed by atoms with Gasteiger partial charge in [-0.2, -0.15) is 0 Å². The van der Waals surface area contributed by atoms with Gasteiger partial charge in [-0.3, -0.25) is 4.79 Å². The predicted octanol–water partition coefficient (Wildman–Crippen LogP) is 2.63. The van der Waals surface area contributed by atoms with Gasteiger partial charge >= 0.3 is 5.97 Å². The molecular weight excluding hydrogens is 238 g/mol. The second-order valence-electron chi connectivity index (χ2n) is 4.08. The molecule has 1 N–H and O–H groups in total. The highest BCUT2D eigenvalue weighted by Crippen LogP contribution is 2.09. The summed E-state index contributed by atoms with van der Waals surface area (Å²) < 4.78 is 4.57. The number of hydrogen-bond donors (Lipinski definition) is 1. The Morgan fingerprint density at radius 1 is 1.16 bits per heavy atom. The number of methoxy groups -OCH3 is 1. The van der Waals surface area contributed by atoms with E-state index in [-0.39, 0.29) is 5.97 Å². The van der Waals surface area contributed by atoms with Crippen LogP contribution in [-0.2, 0) is 9.53 Å². The first kappa shape index (κ1) is 17.2. The van der Waals surface area contributed by atoms with Crippen LogP contribution in [-0.4, -0.2) is 25.7 Å². The molecule has 0 radical (unpaired) electrons. The maximum atomic E-state index is 10.8. The maximum absolute atomic E-state index is 10.8. The molecule has 3 heteroatoms. The second kappa shape index (κ2) is 12.7. The molecule has 0 bridgehead atoms. The lowest BCUT2D eigenvalue weighted by molar-refractivity contribution is -0.141. The number of rotatable bonds is 2. The molecule has 1 aliphatic heterocycles. The highest BCUT2D eigenvalue weighted by atomic mass is 16.5. The largest absolute Gasteiger partial charge is 0.469 e. The van der Waals surface area contributed by atoms with Gasteiger partial charge < -0.3 is 10.1 Å². The topological polar surface area (TPSA) is 38.3 Å². The first-order valence-corrected chi connectivity index (χ1v) is 6.46. The Hall–Kier alpha value is -1.79. The van der Waals surface area contributed by atoms with Gasteiger partial charge in [0.2, 0.25) is 0 Å². The molecule has 1 unspecified atom stereocenters. The highest BCUT2D eigenvalue weighted by molar-refractivity contribution is 5.69. The third-order valence-electron chi connectivity index (χ3n) is 2.72. The number of terminal acetylenes is 1. The van der Waals surface area contributed by atoms with Crippen LogP contribution in [0.5, 0.6) is 0 Å². The van der Waals surface area contributed by atoms with E-state index >= 15 is 0 Å². The molecule has 0 aromatic heterocycles. The van der Waals surface area contributed by atoms with Crippen molar-refractivity contribution in [2.75, 3.05) is 13.7 Å². The SMILES string of the molecule is C#C.COC(=O)CC1CCCCN1.c1ccccc1. The van der Waals surface area contributed by atoms with Crippen LogP contribution in [0.1, 0.15) is 25.7 Å². The molecule has 1 aromatic carbocycles. The van der Waals surface area contributed by atoms with Crippen molar-refractivity contribution in [2.24, 2.45) is 0 Å². The minimum Gasteiger partial charge on any atom is -0.469 e. The molecule has 1 aliphatic rings. The van der Waals surface area contributed by atoms with Crippen molar-refractivity contribution < 1.29 is 9.53 Å². The third kappa shape index (κ3) is 9.87. The van der Waals surface area contributed by atoms with E-state index in [1.54, 1.807) is 0 Å². The van der Waals surface area contributed by atoms with Gasteiger partial charge in [0.05, 0.1) is 13.5 Å². The highest BCUT2D eigenvalue weighted by Gasteiger charge is 2.15. The summed E-state index contributed by atoms with van der Waals surface area (Å²) >= 11 is 0. The maximum Gasteiger partial charge on any atom is 0.307 e. The van der Waals surface area contributed by atoms with Crippen LogP contribution in [0.25, 0.3) is 0 Å². The van der Waals surface area contributed by atoms with Crippen molar-refractivity contribution in [3.63, 3.8) is 0 Å². The smallest absolute Gasteiger partial charge is 0.307 e. The van der Waals surface area contributed by atoms with E-state index in [0.717, 1.165) is 13.0 Å². The van der Waals surface area contributed by atoms with Gasteiger partial charge in [-0.15, -0.1) is 12.8 Å². The van der Waals surface area contributed by atoms with E-state index in [2.05, 4.69) is 22.9 Å². The average Bonchev–Trinajstić information content (AvgIpc) is 2.52. The van der Waals surface area contributed by atoms with Gasteiger partial charge in [-0.25, -0.2) is 0 Å². The quantitative estimate of drug-likeness (QED) is 0.657. The van der Waals surface area contributed by atoms with Crippen LogP contribution >= 0.6 is 0 Å². The van der Waals surface area contributed by atoms with E-state index in [0.29, 0.717) is 12.5 Å². The molecule has 0 amide bonds. The van der Waals surface area contributed by atoms with Crippen LogP contribution in [0.3, 0.4) is 0 Å². The van der Waals surface area contributed by atoms with Gasteiger partial charge in [0, 0.05) is 6.04 Å². The van der Waals surface area contributed by atoms with E-state index < -0.39 is 0 Å². The van der Waals surface area contributed by atoms with Crippen LogP contribution in [0.2, 0.25) is 0 Å². The summed E-state index contributed by atoms with van der Waals surface area (Å²) in [6.07, 6.45) is 12.1. The molecule has 104 valence electrons. The summed E-state index contributed by atoms with van der Waals surface area (Å²) in [5, 5.41) is 3.28. The lowest BCUT2D eigenvalue weighted by Crippen LogP contribution is -2.35. The zero-order chi connectivity index (χ0) is 14.3. The summed E-state index contributed by atoms with van der Waals surface area (Å²) in [6, 6.07) is 12.4. The van der Waals surface area contributed by atoms with Gasteiger partial charge in [0.1, 0.15) is 0 Å². The lowest BCUT2D eigenvalue weighted by Gasteiger charge is -2.21.